The van der Waals surface area contributed by atoms with E-state index in [1.54, 1.807) is 6.07 Å². The summed E-state index contributed by atoms with van der Waals surface area (Å²) in [4.78, 5) is 12.1. The summed E-state index contributed by atoms with van der Waals surface area (Å²) in [5.74, 6) is -0.147. The molecule has 3 N–H and O–H groups in total. The Morgan fingerprint density at radius 3 is 2.90 bits per heavy atom. The number of hydrogen-bond donors (Lipinski definition) is 3. The molecule has 1 aromatic carbocycles. The first-order valence-electron chi connectivity index (χ1n) is 6.72. The lowest BCUT2D eigenvalue weighted by Crippen LogP contribution is -2.40. The lowest BCUT2D eigenvalue weighted by atomic mass is 10.00. The molecule has 1 aromatic rings. The average Bonchev–Trinajstić information content (AvgIpc) is 2.81. The Bertz CT molecular complexity index is 495. The highest BCUT2D eigenvalue weighted by molar-refractivity contribution is 6.30. The fourth-order valence-corrected chi connectivity index (χ4v) is 2.44. The lowest BCUT2D eigenvalue weighted by molar-refractivity contribution is -0.117. The Morgan fingerprint density at radius 1 is 1.50 bits per heavy atom. The van der Waals surface area contributed by atoms with Crippen LogP contribution in [0.4, 0.5) is 10.1 Å². The second kappa shape index (κ2) is 6.52. The summed E-state index contributed by atoms with van der Waals surface area (Å²) < 4.78 is 13.3. The quantitative estimate of drug-likeness (QED) is 0.801. The van der Waals surface area contributed by atoms with Crippen molar-refractivity contribution in [3.05, 3.63) is 29.0 Å². The van der Waals surface area contributed by atoms with Gasteiger partial charge in [-0.05, 0) is 37.0 Å². The standard InChI is InChI=1S/C14H19ClFN3O/c1-8(2)5-10-7-13(19-18-10)14(20)17-9-3-4-11(15)12(16)6-9/h3-4,6,8,10,13,18-19H,5,7H2,1-2H3,(H,17,20). The Kier molecular flexibility index (Phi) is 4.96. The smallest absolute Gasteiger partial charge is 0.242 e. The van der Waals surface area contributed by atoms with Gasteiger partial charge in [0, 0.05) is 11.7 Å². The second-order valence-corrected chi connectivity index (χ2v) is 5.93. The molecule has 0 aromatic heterocycles. The van der Waals surface area contributed by atoms with Crippen molar-refractivity contribution >= 4 is 23.2 Å². The molecule has 0 spiro atoms. The molecule has 1 heterocycles. The summed E-state index contributed by atoms with van der Waals surface area (Å²) in [6, 6.07) is 4.20. The van der Waals surface area contributed by atoms with E-state index in [1.165, 1.54) is 12.1 Å². The van der Waals surface area contributed by atoms with Gasteiger partial charge in [-0.3, -0.25) is 10.2 Å². The first kappa shape index (κ1) is 15.2. The summed E-state index contributed by atoms with van der Waals surface area (Å²) in [6.07, 6.45) is 1.73. The zero-order valence-corrected chi connectivity index (χ0v) is 12.3. The lowest BCUT2D eigenvalue weighted by Gasteiger charge is -2.12. The monoisotopic (exact) mass is 299 g/mol. The zero-order valence-electron chi connectivity index (χ0n) is 11.5. The molecule has 4 nitrogen and oxygen atoms in total. The Balaban J connectivity index is 1.91. The summed E-state index contributed by atoms with van der Waals surface area (Å²) in [7, 11) is 0. The van der Waals surface area contributed by atoms with Crippen molar-refractivity contribution in [2.75, 3.05) is 5.32 Å². The maximum absolute atomic E-state index is 13.3. The summed E-state index contributed by atoms with van der Waals surface area (Å²) in [5, 5.41) is 2.73. The van der Waals surface area contributed by atoms with Crippen molar-refractivity contribution in [1.82, 2.24) is 10.9 Å². The van der Waals surface area contributed by atoms with Crippen LogP contribution >= 0.6 is 11.6 Å². The van der Waals surface area contributed by atoms with Gasteiger partial charge in [-0.15, -0.1) is 0 Å². The number of carbonyl (C=O) groups excluding carboxylic acids is 1. The molecule has 2 rings (SSSR count). The Labute approximate surface area is 123 Å². The van der Waals surface area contributed by atoms with E-state index in [0.29, 0.717) is 11.6 Å². The average molecular weight is 300 g/mol. The van der Waals surface area contributed by atoms with E-state index in [0.717, 1.165) is 12.8 Å². The second-order valence-electron chi connectivity index (χ2n) is 5.52. The van der Waals surface area contributed by atoms with E-state index < -0.39 is 5.82 Å². The van der Waals surface area contributed by atoms with Gasteiger partial charge in [0.25, 0.3) is 0 Å². The number of anilines is 1. The van der Waals surface area contributed by atoms with Gasteiger partial charge in [-0.25, -0.2) is 9.82 Å². The van der Waals surface area contributed by atoms with Crippen LogP contribution in [0.15, 0.2) is 18.2 Å². The van der Waals surface area contributed by atoms with Crippen LogP contribution in [0, 0.1) is 11.7 Å². The summed E-state index contributed by atoms with van der Waals surface area (Å²) >= 11 is 5.60. The highest BCUT2D eigenvalue weighted by Crippen LogP contribution is 2.20. The maximum atomic E-state index is 13.3. The number of rotatable bonds is 4. The molecule has 0 aliphatic carbocycles. The fourth-order valence-electron chi connectivity index (χ4n) is 2.32. The van der Waals surface area contributed by atoms with Gasteiger partial charge in [0.05, 0.1) is 5.02 Å². The van der Waals surface area contributed by atoms with Gasteiger partial charge in [0.15, 0.2) is 0 Å². The minimum Gasteiger partial charge on any atom is -0.325 e. The van der Waals surface area contributed by atoms with E-state index in [-0.39, 0.29) is 23.0 Å². The first-order valence-corrected chi connectivity index (χ1v) is 7.10. The van der Waals surface area contributed by atoms with Gasteiger partial charge >= 0.3 is 0 Å². The van der Waals surface area contributed by atoms with Crippen molar-refractivity contribution < 1.29 is 9.18 Å². The van der Waals surface area contributed by atoms with Crippen molar-refractivity contribution in [3.63, 3.8) is 0 Å². The molecule has 1 aliphatic heterocycles. The Morgan fingerprint density at radius 2 is 2.25 bits per heavy atom. The summed E-state index contributed by atoms with van der Waals surface area (Å²) in [6.45, 7) is 4.29. The molecular formula is C14H19ClFN3O. The van der Waals surface area contributed by atoms with Crippen LogP contribution in [0.25, 0.3) is 0 Å². The van der Waals surface area contributed by atoms with Crippen molar-refractivity contribution in [3.8, 4) is 0 Å². The van der Waals surface area contributed by atoms with Gasteiger partial charge < -0.3 is 5.32 Å². The number of hydrogen-bond acceptors (Lipinski definition) is 3. The van der Waals surface area contributed by atoms with Gasteiger partial charge in [-0.2, -0.15) is 0 Å². The van der Waals surface area contributed by atoms with E-state index >= 15 is 0 Å². The van der Waals surface area contributed by atoms with Gasteiger partial charge in [0.1, 0.15) is 11.9 Å². The number of nitrogens with one attached hydrogen (secondary N) is 3. The Hall–Kier alpha value is -1.17. The zero-order chi connectivity index (χ0) is 14.7. The minimum atomic E-state index is -0.542. The molecular weight excluding hydrogens is 281 g/mol. The highest BCUT2D eigenvalue weighted by atomic mass is 35.5. The molecule has 1 saturated heterocycles. The molecule has 1 fully saturated rings. The molecule has 6 heteroatoms. The van der Waals surface area contributed by atoms with Crippen LogP contribution < -0.4 is 16.2 Å². The predicted molar refractivity (Wildman–Crippen MR) is 78.0 cm³/mol. The van der Waals surface area contributed by atoms with Crippen LogP contribution in [-0.4, -0.2) is 18.0 Å². The SMILES string of the molecule is CC(C)CC1CC(C(=O)Nc2ccc(Cl)c(F)c2)NN1. The molecule has 1 amide bonds. The van der Waals surface area contributed by atoms with Crippen molar-refractivity contribution in [1.29, 1.82) is 0 Å². The van der Waals surface area contributed by atoms with E-state index in [2.05, 4.69) is 30.0 Å². The largest absolute Gasteiger partial charge is 0.325 e. The number of benzene rings is 1. The third-order valence-electron chi connectivity index (χ3n) is 3.24. The topological polar surface area (TPSA) is 53.2 Å². The van der Waals surface area contributed by atoms with Gasteiger partial charge in [0.2, 0.25) is 5.91 Å². The maximum Gasteiger partial charge on any atom is 0.242 e. The molecule has 0 saturated carbocycles. The van der Waals surface area contributed by atoms with Crippen molar-refractivity contribution in [2.24, 2.45) is 5.92 Å². The third kappa shape index (κ3) is 3.91. The number of hydrazine groups is 1. The minimum absolute atomic E-state index is 0.0423. The third-order valence-corrected chi connectivity index (χ3v) is 3.55. The van der Waals surface area contributed by atoms with Crippen LogP contribution in [0.3, 0.4) is 0 Å². The number of carbonyl (C=O) groups is 1. The molecule has 0 bridgehead atoms. The summed E-state index contributed by atoms with van der Waals surface area (Å²) in [5.41, 5.74) is 6.50. The van der Waals surface area contributed by atoms with Crippen LogP contribution in [0.5, 0.6) is 0 Å². The van der Waals surface area contributed by atoms with E-state index in [4.69, 9.17) is 11.6 Å². The molecule has 2 unspecified atom stereocenters. The molecule has 110 valence electrons. The van der Waals surface area contributed by atoms with Crippen molar-refractivity contribution in [2.45, 2.75) is 38.8 Å². The highest BCUT2D eigenvalue weighted by Gasteiger charge is 2.29. The van der Waals surface area contributed by atoms with Crippen LogP contribution in [0.2, 0.25) is 5.02 Å². The normalized spacial score (nSPS) is 22.2. The number of amides is 1. The predicted octanol–water partition coefficient (Wildman–Crippen LogP) is 2.70. The van der Waals surface area contributed by atoms with E-state index in [1.807, 2.05) is 0 Å². The molecule has 20 heavy (non-hydrogen) atoms. The molecule has 2 atom stereocenters. The fraction of sp³-hybridized carbons (Fsp3) is 0.500. The van der Waals surface area contributed by atoms with E-state index in [9.17, 15) is 9.18 Å². The van der Waals surface area contributed by atoms with Crippen LogP contribution in [-0.2, 0) is 4.79 Å². The molecule has 1 aliphatic rings. The molecule has 0 radical (unpaired) electrons. The first-order chi connectivity index (χ1) is 9.45. The van der Waals surface area contributed by atoms with Gasteiger partial charge in [-0.1, -0.05) is 25.4 Å². The number of halogens is 2. The van der Waals surface area contributed by atoms with Crippen LogP contribution in [0.1, 0.15) is 26.7 Å².